The number of hydrogen-bond acceptors (Lipinski definition) is 4. The highest BCUT2D eigenvalue weighted by Crippen LogP contribution is 2.36. The first-order valence-corrected chi connectivity index (χ1v) is 11.2. The van der Waals surface area contributed by atoms with Gasteiger partial charge in [0.1, 0.15) is 6.54 Å². The van der Waals surface area contributed by atoms with E-state index < -0.39 is 0 Å². The molecule has 7 heteroatoms. The number of nitrogens with zero attached hydrogens (tertiary/aromatic N) is 2. The van der Waals surface area contributed by atoms with Crippen LogP contribution in [0.25, 0.3) is 0 Å². The van der Waals surface area contributed by atoms with Crippen molar-refractivity contribution in [3.05, 3.63) is 53.6 Å². The Kier molecular flexibility index (Phi) is 6.08. The molecule has 0 atom stereocenters. The molecule has 1 N–H and O–H groups in total. The summed E-state index contributed by atoms with van der Waals surface area (Å²) < 4.78 is 0. The second-order valence-corrected chi connectivity index (χ2v) is 8.74. The predicted molar refractivity (Wildman–Crippen MR) is 119 cm³/mol. The van der Waals surface area contributed by atoms with Gasteiger partial charge < -0.3 is 15.1 Å². The fourth-order valence-corrected chi connectivity index (χ4v) is 4.77. The maximum atomic E-state index is 12.9. The standard InChI is InChI=1S/C23H25N3O3S/c1-16-6-5-7-18(12-16)24-21(27)14-26-19-13-17(8-9-20(19)30-15-22(26)28)23(29)25-10-3-2-4-11-25/h5-9,12-13H,2-4,10-11,14-15H2,1H3,(H,24,27). The number of piperidine rings is 1. The molecule has 156 valence electrons. The Balaban J connectivity index is 1.54. The maximum Gasteiger partial charge on any atom is 0.253 e. The van der Waals surface area contributed by atoms with E-state index in [-0.39, 0.29) is 30.0 Å². The molecule has 0 aromatic heterocycles. The van der Waals surface area contributed by atoms with E-state index in [4.69, 9.17) is 0 Å². The highest BCUT2D eigenvalue weighted by molar-refractivity contribution is 8.00. The van der Waals surface area contributed by atoms with Gasteiger partial charge in [-0.1, -0.05) is 12.1 Å². The van der Waals surface area contributed by atoms with Gasteiger partial charge in [-0.2, -0.15) is 0 Å². The number of nitrogens with one attached hydrogen (secondary N) is 1. The van der Waals surface area contributed by atoms with Crippen LogP contribution in [0.1, 0.15) is 35.2 Å². The van der Waals surface area contributed by atoms with Crippen LogP contribution in [0.5, 0.6) is 0 Å². The molecule has 3 amide bonds. The molecule has 2 aromatic carbocycles. The van der Waals surface area contributed by atoms with Crippen LogP contribution in [0.4, 0.5) is 11.4 Å². The van der Waals surface area contributed by atoms with Gasteiger partial charge in [0.15, 0.2) is 0 Å². The Morgan fingerprint density at radius 1 is 1.07 bits per heavy atom. The summed E-state index contributed by atoms with van der Waals surface area (Å²) in [6, 6.07) is 13.0. The highest BCUT2D eigenvalue weighted by Gasteiger charge is 2.28. The lowest BCUT2D eigenvalue weighted by Crippen LogP contribution is -2.41. The van der Waals surface area contributed by atoms with Gasteiger partial charge in [-0.25, -0.2) is 0 Å². The number of hydrogen-bond donors (Lipinski definition) is 1. The average molecular weight is 424 g/mol. The number of carbonyl (C=O) groups is 3. The van der Waals surface area contributed by atoms with Crippen molar-refractivity contribution in [2.24, 2.45) is 0 Å². The fourth-order valence-electron chi connectivity index (χ4n) is 3.86. The number of likely N-dealkylation sites (tertiary alicyclic amines) is 1. The number of rotatable bonds is 4. The Morgan fingerprint density at radius 3 is 2.63 bits per heavy atom. The predicted octanol–water partition coefficient (Wildman–Crippen LogP) is 3.70. The average Bonchev–Trinajstić information content (AvgIpc) is 2.75. The number of carbonyl (C=O) groups excluding carboxylic acids is 3. The summed E-state index contributed by atoms with van der Waals surface area (Å²) in [5.74, 6) is -0.122. The molecule has 0 radical (unpaired) electrons. The Hall–Kier alpha value is -2.80. The topological polar surface area (TPSA) is 69.7 Å². The lowest BCUT2D eigenvalue weighted by molar-refractivity contribution is -0.120. The summed E-state index contributed by atoms with van der Waals surface area (Å²) >= 11 is 1.44. The van der Waals surface area contributed by atoms with Gasteiger partial charge >= 0.3 is 0 Å². The number of aryl methyl sites for hydroxylation is 1. The van der Waals surface area contributed by atoms with E-state index >= 15 is 0 Å². The van der Waals surface area contributed by atoms with Crippen molar-refractivity contribution in [2.75, 3.05) is 35.6 Å². The molecule has 0 bridgehead atoms. The van der Waals surface area contributed by atoms with Crippen molar-refractivity contribution in [1.29, 1.82) is 0 Å². The quantitative estimate of drug-likeness (QED) is 0.814. The molecule has 0 spiro atoms. The second-order valence-electron chi connectivity index (χ2n) is 7.72. The molecule has 2 aliphatic heterocycles. The van der Waals surface area contributed by atoms with Crippen LogP contribution in [0.2, 0.25) is 0 Å². The molecule has 0 aliphatic carbocycles. The molecule has 6 nitrogen and oxygen atoms in total. The second kappa shape index (κ2) is 8.92. The van der Waals surface area contributed by atoms with Crippen LogP contribution in [-0.2, 0) is 9.59 Å². The van der Waals surface area contributed by atoms with Gasteiger partial charge in [-0.3, -0.25) is 14.4 Å². The molecule has 4 rings (SSSR count). The summed E-state index contributed by atoms with van der Waals surface area (Å²) in [6.07, 6.45) is 3.20. The third kappa shape index (κ3) is 4.51. The molecule has 1 saturated heterocycles. The van der Waals surface area contributed by atoms with Crippen molar-refractivity contribution in [3.63, 3.8) is 0 Å². The molecule has 2 aliphatic rings. The van der Waals surface area contributed by atoms with Gasteiger partial charge in [0.25, 0.3) is 5.91 Å². The summed E-state index contributed by atoms with van der Waals surface area (Å²) in [6.45, 7) is 3.41. The first kappa shape index (κ1) is 20.5. The number of benzene rings is 2. The molecule has 30 heavy (non-hydrogen) atoms. The smallest absolute Gasteiger partial charge is 0.253 e. The van der Waals surface area contributed by atoms with Gasteiger partial charge in [0, 0.05) is 29.2 Å². The minimum absolute atomic E-state index is 0.00955. The Labute approximate surface area is 180 Å². The Morgan fingerprint density at radius 2 is 1.87 bits per heavy atom. The zero-order valence-corrected chi connectivity index (χ0v) is 17.8. The molecule has 2 heterocycles. The first-order chi connectivity index (χ1) is 14.5. The normalized spacial score (nSPS) is 16.2. The van der Waals surface area contributed by atoms with Crippen LogP contribution in [0, 0.1) is 6.92 Å². The van der Waals surface area contributed by atoms with Crippen molar-refractivity contribution in [2.45, 2.75) is 31.1 Å². The van der Waals surface area contributed by atoms with E-state index in [2.05, 4.69) is 5.32 Å². The van der Waals surface area contributed by atoms with Crippen LogP contribution < -0.4 is 10.2 Å². The molecule has 2 aromatic rings. The van der Waals surface area contributed by atoms with E-state index in [9.17, 15) is 14.4 Å². The third-order valence-corrected chi connectivity index (χ3v) is 6.44. The monoisotopic (exact) mass is 423 g/mol. The van der Waals surface area contributed by atoms with Crippen molar-refractivity contribution < 1.29 is 14.4 Å². The van der Waals surface area contributed by atoms with E-state index in [0.29, 0.717) is 16.9 Å². The van der Waals surface area contributed by atoms with Crippen molar-refractivity contribution >= 4 is 40.9 Å². The first-order valence-electron chi connectivity index (χ1n) is 10.2. The van der Waals surface area contributed by atoms with E-state index in [1.54, 1.807) is 6.07 Å². The highest BCUT2D eigenvalue weighted by atomic mass is 32.2. The molecule has 1 fully saturated rings. The largest absolute Gasteiger partial charge is 0.339 e. The third-order valence-electron chi connectivity index (χ3n) is 5.40. The van der Waals surface area contributed by atoms with Crippen molar-refractivity contribution in [3.8, 4) is 0 Å². The number of amides is 3. The summed E-state index contributed by atoms with van der Waals surface area (Å²) in [4.78, 5) is 42.4. The molecular formula is C23H25N3O3S. The van der Waals surface area contributed by atoms with Crippen LogP contribution >= 0.6 is 11.8 Å². The van der Waals surface area contributed by atoms with Crippen LogP contribution in [0.3, 0.4) is 0 Å². The maximum absolute atomic E-state index is 12.9. The molecule has 0 unspecified atom stereocenters. The van der Waals surface area contributed by atoms with Gasteiger partial charge in [0.05, 0.1) is 11.4 Å². The fraction of sp³-hybridized carbons (Fsp3) is 0.348. The number of fused-ring (bicyclic) bond motifs is 1. The SMILES string of the molecule is Cc1cccc(NC(=O)CN2C(=O)CSc3ccc(C(=O)N4CCCCC4)cc32)c1. The molecular weight excluding hydrogens is 398 g/mol. The lowest BCUT2D eigenvalue weighted by atomic mass is 10.1. The van der Waals surface area contributed by atoms with E-state index in [0.717, 1.165) is 42.8 Å². The number of thioether (sulfide) groups is 1. The lowest BCUT2D eigenvalue weighted by Gasteiger charge is -2.30. The summed E-state index contributed by atoms with van der Waals surface area (Å²) in [5, 5.41) is 2.86. The van der Waals surface area contributed by atoms with Gasteiger partial charge in [-0.05, 0) is 62.1 Å². The Bertz CT molecular complexity index is 985. The van der Waals surface area contributed by atoms with Gasteiger partial charge in [0.2, 0.25) is 11.8 Å². The molecule has 0 saturated carbocycles. The summed E-state index contributed by atoms with van der Waals surface area (Å²) in [7, 11) is 0. The zero-order chi connectivity index (χ0) is 21.1. The number of anilines is 2. The zero-order valence-electron chi connectivity index (χ0n) is 17.0. The van der Waals surface area contributed by atoms with Gasteiger partial charge in [-0.15, -0.1) is 11.8 Å². The van der Waals surface area contributed by atoms with Crippen LogP contribution in [0.15, 0.2) is 47.4 Å². The summed E-state index contributed by atoms with van der Waals surface area (Å²) in [5.41, 5.74) is 2.95. The van der Waals surface area contributed by atoms with Crippen molar-refractivity contribution in [1.82, 2.24) is 4.90 Å². The van der Waals surface area contributed by atoms with Crippen LogP contribution in [-0.4, -0.2) is 48.0 Å². The van der Waals surface area contributed by atoms with E-state index in [1.165, 1.54) is 16.7 Å². The minimum atomic E-state index is -0.264. The minimum Gasteiger partial charge on any atom is -0.339 e. The van der Waals surface area contributed by atoms with E-state index in [1.807, 2.05) is 48.2 Å².